The van der Waals surface area contributed by atoms with Crippen LogP contribution in [0.25, 0.3) is 22.4 Å². The quantitative estimate of drug-likeness (QED) is 0.656. The standard InChI is InChI=1S/C22H24ClN5O3/c1-2-27-20-17(12-24-19(26-20)14-8-10-15(23)11-9-14)21(30)28(22(27)31)13-18(29)25-16-6-4-3-5-7-16/h8-12,16H,2-7,13H2,1H3,(H,25,29). The first kappa shape index (κ1) is 21.2. The van der Waals surface area contributed by atoms with Crippen molar-refractivity contribution in [3.05, 3.63) is 56.3 Å². The number of carbonyl (C=O) groups is 1. The van der Waals surface area contributed by atoms with Crippen LogP contribution in [0.2, 0.25) is 5.02 Å². The van der Waals surface area contributed by atoms with Gasteiger partial charge in [0.25, 0.3) is 5.56 Å². The van der Waals surface area contributed by atoms with Crippen molar-refractivity contribution in [3.63, 3.8) is 0 Å². The highest BCUT2D eigenvalue weighted by Gasteiger charge is 2.20. The molecule has 1 aromatic carbocycles. The summed E-state index contributed by atoms with van der Waals surface area (Å²) in [6.07, 6.45) is 6.61. The van der Waals surface area contributed by atoms with Gasteiger partial charge in [-0.15, -0.1) is 0 Å². The zero-order chi connectivity index (χ0) is 22.0. The first-order valence-electron chi connectivity index (χ1n) is 10.5. The van der Waals surface area contributed by atoms with Gasteiger partial charge in [0.05, 0.1) is 0 Å². The molecular formula is C22H24ClN5O3. The molecule has 0 saturated heterocycles. The fraction of sp³-hybridized carbons (Fsp3) is 0.409. The van der Waals surface area contributed by atoms with Crippen molar-refractivity contribution in [2.75, 3.05) is 0 Å². The molecule has 0 unspecified atom stereocenters. The Hall–Kier alpha value is -3.00. The van der Waals surface area contributed by atoms with Gasteiger partial charge in [-0.05, 0) is 44.0 Å². The molecule has 0 radical (unpaired) electrons. The number of nitrogens with one attached hydrogen (secondary N) is 1. The van der Waals surface area contributed by atoms with Crippen molar-refractivity contribution >= 4 is 28.5 Å². The number of amides is 1. The summed E-state index contributed by atoms with van der Waals surface area (Å²) in [5.74, 6) is 0.0600. The predicted molar refractivity (Wildman–Crippen MR) is 119 cm³/mol. The zero-order valence-electron chi connectivity index (χ0n) is 17.3. The average molecular weight is 442 g/mol. The lowest BCUT2D eigenvalue weighted by Crippen LogP contribution is -2.46. The molecule has 3 aromatic rings. The minimum atomic E-state index is -0.564. The highest BCUT2D eigenvalue weighted by atomic mass is 35.5. The number of fused-ring (bicyclic) bond motifs is 1. The lowest BCUT2D eigenvalue weighted by molar-refractivity contribution is -0.122. The number of nitrogens with zero attached hydrogens (tertiary/aromatic N) is 4. The summed E-state index contributed by atoms with van der Waals surface area (Å²) in [6, 6.07) is 7.10. The van der Waals surface area contributed by atoms with Crippen LogP contribution in [-0.2, 0) is 17.9 Å². The summed E-state index contributed by atoms with van der Waals surface area (Å²) in [7, 11) is 0. The molecule has 0 spiro atoms. The first-order valence-corrected chi connectivity index (χ1v) is 10.9. The van der Waals surface area contributed by atoms with Gasteiger partial charge in [0.2, 0.25) is 5.91 Å². The summed E-state index contributed by atoms with van der Waals surface area (Å²) in [4.78, 5) is 47.3. The van der Waals surface area contributed by atoms with E-state index in [1.165, 1.54) is 17.2 Å². The predicted octanol–water partition coefficient (Wildman–Crippen LogP) is 2.74. The van der Waals surface area contributed by atoms with E-state index in [0.29, 0.717) is 17.4 Å². The molecule has 1 amide bonds. The number of aryl methyl sites for hydroxylation is 1. The average Bonchev–Trinajstić information content (AvgIpc) is 2.78. The summed E-state index contributed by atoms with van der Waals surface area (Å²) < 4.78 is 2.36. The first-order chi connectivity index (χ1) is 15.0. The zero-order valence-corrected chi connectivity index (χ0v) is 18.1. The molecule has 31 heavy (non-hydrogen) atoms. The van der Waals surface area contributed by atoms with Crippen LogP contribution in [0.4, 0.5) is 0 Å². The maximum Gasteiger partial charge on any atom is 0.333 e. The molecular weight excluding hydrogens is 418 g/mol. The Bertz CT molecular complexity index is 1230. The Morgan fingerprint density at radius 1 is 1.13 bits per heavy atom. The normalized spacial score (nSPS) is 14.6. The number of aromatic nitrogens is 4. The van der Waals surface area contributed by atoms with E-state index in [9.17, 15) is 14.4 Å². The summed E-state index contributed by atoms with van der Waals surface area (Å²) in [5, 5.41) is 3.74. The number of carbonyl (C=O) groups excluding carboxylic acids is 1. The molecule has 2 heterocycles. The molecule has 1 saturated carbocycles. The Morgan fingerprint density at radius 2 is 1.84 bits per heavy atom. The SMILES string of the molecule is CCn1c(=O)n(CC(=O)NC2CCCCC2)c(=O)c2cnc(-c3ccc(Cl)cc3)nc21. The van der Waals surface area contributed by atoms with Crippen molar-refractivity contribution in [1.29, 1.82) is 0 Å². The third-order valence-electron chi connectivity index (χ3n) is 5.65. The lowest BCUT2D eigenvalue weighted by Gasteiger charge is -2.23. The van der Waals surface area contributed by atoms with Crippen LogP contribution >= 0.6 is 11.6 Å². The van der Waals surface area contributed by atoms with Crippen molar-refractivity contribution in [2.45, 2.75) is 58.2 Å². The maximum atomic E-state index is 13.0. The van der Waals surface area contributed by atoms with Gasteiger partial charge in [-0.2, -0.15) is 0 Å². The van der Waals surface area contributed by atoms with Gasteiger partial charge in [-0.25, -0.2) is 14.8 Å². The van der Waals surface area contributed by atoms with Crippen LogP contribution < -0.4 is 16.6 Å². The molecule has 9 heteroatoms. The molecule has 0 aliphatic heterocycles. The van der Waals surface area contributed by atoms with Crippen LogP contribution in [0.1, 0.15) is 39.0 Å². The van der Waals surface area contributed by atoms with E-state index in [1.807, 2.05) is 0 Å². The van der Waals surface area contributed by atoms with Crippen molar-refractivity contribution in [2.24, 2.45) is 0 Å². The fourth-order valence-electron chi connectivity index (χ4n) is 4.02. The van der Waals surface area contributed by atoms with Crippen molar-refractivity contribution < 1.29 is 4.79 Å². The molecule has 0 atom stereocenters. The van der Waals surface area contributed by atoms with Gasteiger partial charge in [0.1, 0.15) is 11.9 Å². The molecule has 1 fully saturated rings. The lowest BCUT2D eigenvalue weighted by atomic mass is 9.95. The van der Waals surface area contributed by atoms with Crippen LogP contribution in [0, 0.1) is 0 Å². The van der Waals surface area contributed by atoms with Crippen LogP contribution in [-0.4, -0.2) is 31.1 Å². The Kier molecular flexibility index (Phi) is 6.18. The Balaban J connectivity index is 1.71. The monoisotopic (exact) mass is 441 g/mol. The van der Waals surface area contributed by atoms with E-state index in [2.05, 4.69) is 15.3 Å². The molecule has 162 valence electrons. The molecule has 0 bridgehead atoms. The highest BCUT2D eigenvalue weighted by molar-refractivity contribution is 6.30. The maximum absolute atomic E-state index is 13.0. The molecule has 8 nitrogen and oxygen atoms in total. The number of hydrogen-bond donors (Lipinski definition) is 1. The topological polar surface area (TPSA) is 98.9 Å². The van der Waals surface area contributed by atoms with Crippen LogP contribution in [0.15, 0.2) is 40.1 Å². The second kappa shape index (κ2) is 9.01. The van der Waals surface area contributed by atoms with Crippen LogP contribution in [0.5, 0.6) is 0 Å². The van der Waals surface area contributed by atoms with Gasteiger partial charge >= 0.3 is 5.69 Å². The second-order valence-electron chi connectivity index (χ2n) is 7.76. The van der Waals surface area contributed by atoms with Gasteiger partial charge in [-0.3, -0.25) is 18.7 Å². The fourth-order valence-corrected chi connectivity index (χ4v) is 4.15. The van der Waals surface area contributed by atoms with E-state index < -0.39 is 11.2 Å². The van der Waals surface area contributed by atoms with E-state index in [-0.39, 0.29) is 29.5 Å². The largest absolute Gasteiger partial charge is 0.352 e. The van der Waals surface area contributed by atoms with Gasteiger partial charge in [0, 0.05) is 29.4 Å². The van der Waals surface area contributed by atoms with Gasteiger partial charge < -0.3 is 5.32 Å². The number of halogens is 1. The van der Waals surface area contributed by atoms with E-state index in [0.717, 1.165) is 35.8 Å². The summed E-state index contributed by atoms with van der Waals surface area (Å²) in [5.41, 5.74) is -0.149. The van der Waals surface area contributed by atoms with Gasteiger partial charge in [-0.1, -0.05) is 30.9 Å². The highest BCUT2D eigenvalue weighted by Crippen LogP contribution is 2.19. The number of hydrogen-bond acceptors (Lipinski definition) is 5. The second-order valence-corrected chi connectivity index (χ2v) is 8.19. The number of rotatable bonds is 5. The minimum Gasteiger partial charge on any atom is -0.352 e. The van der Waals surface area contributed by atoms with E-state index in [4.69, 9.17) is 11.6 Å². The number of benzene rings is 1. The van der Waals surface area contributed by atoms with E-state index >= 15 is 0 Å². The third kappa shape index (κ3) is 4.39. The molecule has 1 aliphatic rings. The third-order valence-corrected chi connectivity index (χ3v) is 5.90. The summed E-state index contributed by atoms with van der Waals surface area (Å²) >= 11 is 5.94. The molecule has 2 aromatic heterocycles. The van der Waals surface area contributed by atoms with Crippen molar-refractivity contribution in [3.8, 4) is 11.4 Å². The summed E-state index contributed by atoms with van der Waals surface area (Å²) in [6.45, 7) is 1.78. The Labute approximate surface area is 183 Å². The van der Waals surface area contributed by atoms with Crippen LogP contribution in [0.3, 0.4) is 0 Å². The van der Waals surface area contributed by atoms with Crippen molar-refractivity contribution in [1.82, 2.24) is 24.4 Å². The molecule has 1 aliphatic carbocycles. The smallest absolute Gasteiger partial charge is 0.333 e. The van der Waals surface area contributed by atoms with Gasteiger partial charge in [0.15, 0.2) is 11.5 Å². The molecule has 4 rings (SSSR count). The molecule has 1 N–H and O–H groups in total. The minimum absolute atomic E-state index is 0.107. The Morgan fingerprint density at radius 3 is 2.52 bits per heavy atom. The van der Waals surface area contributed by atoms with E-state index in [1.54, 1.807) is 31.2 Å².